The summed E-state index contributed by atoms with van der Waals surface area (Å²) in [7, 11) is 0. The molecule has 0 heterocycles. The van der Waals surface area contributed by atoms with Gasteiger partial charge in [0.15, 0.2) is 0 Å². The van der Waals surface area contributed by atoms with E-state index in [-0.39, 0.29) is 0 Å². The van der Waals surface area contributed by atoms with Crippen molar-refractivity contribution in [2.24, 2.45) is 0 Å². The van der Waals surface area contributed by atoms with E-state index in [1.807, 2.05) is 54.6 Å². The Balaban J connectivity index is 2.17. The van der Waals surface area contributed by atoms with Crippen molar-refractivity contribution >= 4 is 27.3 Å². The molecule has 2 nitrogen and oxygen atoms in total. The predicted molar refractivity (Wildman–Crippen MR) is 94.7 cm³/mol. The standard InChI is InChI=1S/C21H14N2/c22-23-21(15-8-2-1-3-9-15)20-18-12-6-4-10-16(18)14-17-11-5-7-13-19(17)20/h1-14H. The van der Waals surface area contributed by atoms with Gasteiger partial charge in [-0.25, -0.2) is 0 Å². The van der Waals surface area contributed by atoms with Crippen LogP contribution in [-0.4, -0.2) is 10.5 Å². The van der Waals surface area contributed by atoms with Crippen molar-refractivity contribution in [3.8, 4) is 0 Å². The number of rotatable bonds is 2. The van der Waals surface area contributed by atoms with Crippen LogP contribution in [0, 0.1) is 0 Å². The second-order valence-corrected chi connectivity index (χ2v) is 5.51. The Kier molecular flexibility index (Phi) is 3.23. The van der Waals surface area contributed by atoms with Gasteiger partial charge in [0.05, 0.1) is 11.1 Å². The molecule has 0 amide bonds. The van der Waals surface area contributed by atoms with Gasteiger partial charge in [-0.2, -0.15) is 4.79 Å². The molecule has 4 aromatic rings. The van der Waals surface area contributed by atoms with E-state index >= 15 is 0 Å². The molecule has 0 bridgehead atoms. The molecule has 0 fully saturated rings. The Morgan fingerprint density at radius 2 is 1.17 bits per heavy atom. The zero-order valence-corrected chi connectivity index (χ0v) is 12.5. The van der Waals surface area contributed by atoms with Crippen molar-refractivity contribution in [1.29, 1.82) is 0 Å². The van der Waals surface area contributed by atoms with Crippen molar-refractivity contribution in [3.05, 3.63) is 102 Å². The van der Waals surface area contributed by atoms with E-state index in [0.29, 0.717) is 5.71 Å². The maximum Gasteiger partial charge on any atom is 0.330 e. The first-order valence-corrected chi connectivity index (χ1v) is 7.57. The summed E-state index contributed by atoms with van der Waals surface area (Å²) in [4.78, 5) is 3.65. The monoisotopic (exact) mass is 294 g/mol. The molecular weight excluding hydrogens is 280 g/mol. The average Bonchev–Trinajstić information content (AvgIpc) is 2.62. The largest absolute Gasteiger partial charge is 0.361 e. The van der Waals surface area contributed by atoms with Crippen LogP contribution in [0.4, 0.5) is 0 Å². The third-order valence-corrected chi connectivity index (χ3v) is 4.16. The topological polar surface area (TPSA) is 36.4 Å². The lowest BCUT2D eigenvalue weighted by atomic mass is 9.91. The van der Waals surface area contributed by atoms with Crippen LogP contribution < -0.4 is 0 Å². The van der Waals surface area contributed by atoms with Crippen LogP contribution in [-0.2, 0) is 0 Å². The van der Waals surface area contributed by atoms with Crippen LogP contribution >= 0.6 is 0 Å². The number of nitrogens with zero attached hydrogens (tertiary/aromatic N) is 2. The van der Waals surface area contributed by atoms with Crippen molar-refractivity contribution in [3.63, 3.8) is 0 Å². The highest BCUT2D eigenvalue weighted by Gasteiger charge is 2.21. The Labute approximate surface area is 134 Å². The van der Waals surface area contributed by atoms with Gasteiger partial charge < -0.3 is 5.53 Å². The first-order valence-electron chi connectivity index (χ1n) is 7.57. The third-order valence-electron chi connectivity index (χ3n) is 4.16. The first-order chi connectivity index (χ1) is 11.4. The molecular formula is C21H14N2. The summed E-state index contributed by atoms with van der Waals surface area (Å²) >= 11 is 0. The highest BCUT2D eigenvalue weighted by atomic mass is 14.9. The molecule has 0 N–H and O–H groups in total. The van der Waals surface area contributed by atoms with Gasteiger partial charge in [0, 0.05) is 0 Å². The lowest BCUT2D eigenvalue weighted by Crippen LogP contribution is -2.06. The normalized spacial score (nSPS) is 10.6. The molecule has 4 aromatic carbocycles. The van der Waals surface area contributed by atoms with E-state index in [0.717, 1.165) is 32.7 Å². The first kappa shape index (κ1) is 13.4. The van der Waals surface area contributed by atoms with Crippen LogP contribution in [0.1, 0.15) is 11.1 Å². The fourth-order valence-electron chi connectivity index (χ4n) is 3.12. The highest BCUT2D eigenvalue weighted by Crippen LogP contribution is 2.30. The number of hydrogen-bond donors (Lipinski definition) is 0. The Morgan fingerprint density at radius 1 is 0.652 bits per heavy atom. The summed E-state index contributed by atoms with van der Waals surface area (Å²) in [6, 6.07) is 28.4. The smallest absolute Gasteiger partial charge is 0.330 e. The molecule has 0 aliphatic rings. The minimum absolute atomic E-state index is 0.596. The molecule has 0 aliphatic carbocycles. The van der Waals surface area contributed by atoms with Gasteiger partial charge in [-0.05, 0) is 39.7 Å². The Bertz CT molecular complexity index is 1000. The number of hydrogen-bond acceptors (Lipinski definition) is 0. The molecule has 0 aromatic heterocycles. The van der Waals surface area contributed by atoms with Crippen LogP contribution in [0.25, 0.3) is 27.1 Å². The van der Waals surface area contributed by atoms with E-state index < -0.39 is 0 Å². The molecule has 0 unspecified atom stereocenters. The third kappa shape index (κ3) is 2.22. The van der Waals surface area contributed by atoms with Crippen LogP contribution in [0.15, 0.2) is 84.9 Å². The molecule has 0 saturated carbocycles. The molecule has 0 atom stereocenters. The van der Waals surface area contributed by atoms with Crippen LogP contribution in [0.3, 0.4) is 0 Å². The quantitative estimate of drug-likeness (QED) is 0.214. The SMILES string of the molecule is [N-]=[N+]=C(c1ccccc1)c1c2ccccc2cc2ccccc12. The van der Waals surface area contributed by atoms with Gasteiger partial charge in [0.25, 0.3) is 0 Å². The summed E-state index contributed by atoms with van der Waals surface area (Å²) in [5.74, 6) is 0. The van der Waals surface area contributed by atoms with Crippen LogP contribution in [0.5, 0.6) is 0 Å². The molecule has 0 spiro atoms. The van der Waals surface area contributed by atoms with E-state index in [1.165, 1.54) is 0 Å². The van der Waals surface area contributed by atoms with Crippen molar-refractivity contribution < 1.29 is 4.79 Å². The van der Waals surface area contributed by atoms with Gasteiger partial charge in [-0.15, -0.1) is 0 Å². The van der Waals surface area contributed by atoms with E-state index in [2.05, 4.69) is 35.1 Å². The fraction of sp³-hybridized carbons (Fsp3) is 0. The molecule has 0 saturated heterocycles. The van der Waals surface area contributed by atoms with E-state index in [1.54, 1.807) is 0 Å². The van der Waals surface area contributed by atoms with Crippen molar-refractivity contribution in [2.75, 3.05) is 0 Å². The molecule has 4 rings (SSSR count). The minimum Gasteiger partial charge on any atom is -0.361 e. The average molecular weight is 294 g/mol. The second kappa shape index (κ2) is 5.53. The predicted octanol–water partition coefficient (Wildman–Crippen LogP) is 5.06. The highest BCUT2D eigenvalue weighted by molar-refractivity contribution is 6.24. The fourth-order valence-corrected chi connectivity index (χ4v) is 3.12. The molecule has 0 radical (unpaired) electrons. The van der Waals surface area contributed by atoms with E-state index in [4.69, 9.17) is 0 Å². The van der Waals surface area contributed by atoms with Gasteiger partial charge in [-0.3, -0.25) is 0 Å². The van der Waals surface area contributed by atoms with Gasteiger partial charge in [0.1, 0.15) is 0 Å². The molecule has 0 aliphatic heterocycles. The van der Waals surface area contributed by atoms with Gasteiger partial charge in [-0.1, -0.05) is 66.7 Å². The summed E-state index contributed by atoms with van der Waals surface area (Å²) < 4.78 is 0. The van der Waals surface area contributed by atoms with Crippen LogP contribution in [0.2, 0.25) is 0 Å². The van der Waals surface area contributed by atoms with Gasteiger partial charge in [0.2, 0.25) is 0 Å². The summed E-state index contributed by atoms with van der Waals surface area (Å²) in [6.07, 6.45) is 0. The minimum atomic E-state index is 0.596. The summed E-state index contributed by atoms with van der Waals surface area (Å²) in [5.41, 5.74) is 12.2. The molecule has 108 valence electrons. The summed E-state index contributed by atoms with van der Waals surface area (Å²) in [5, 5.41) is 4.45. The maximum atomic E-state index is 9.74. The zero-order chi connectivity index (χ0) is 15.6. The van der Waals surface area contributed by atoms with Gasteiger partial charge >= 0.3 is 5.71 Å². The molecule has 2 heteroatoms. The van der Waals surface area contributed by atoms with Crippen molar-refractivity contribution in [2.45, 2.75) is 0 Å². The zero-order valence-electron chi connectivity index (χ0n) is 12.5. The van der Waals surface area contributed by atoms with Crippen molar-refractivity contribution in [1.82, 2.24) is 0 Å². The summed E-state index contributed by atoms with van der Waals surface area (Å²) in [6.45, 7) is 0. The number of fused-ring (bicyclic) bond motifs is 2. The lowest BCUT2D eigenvalue weighted by Gasteiger charge is -2.08. The Morgan fingerprint density at radius 3 is 1.74 bits per heavy atom. The number of benzene rings is 4. The maximum absolute atomic E-state index is 9.74. The lowest BCUT2D eigenvalue weighted by molar-refractivity contribution is -0.00256. The van der Waals surface area contributed by atoms with E-state index in [9.17, 15) is 5.53 Å². The second-order valence-electron chi connectivity index (χ2n) is 5.51. The molecule has 23 heavy (non-hydrogen) atoms. The Hall–Kier alpha value is -3.22.